The number of carbonyl (C=O) groups excluding carboxylic acids is 4. The van der Waals surface area contributed by atoms with Crippen LogP contribution >= 0.6 is 0 Å². The molecule has 4 amide bonds. The molecule has 1 saturated heterocycles. The van der Waals surface area contributed by atoms with Crippen molar-refractivity contribution in [2.75, 3.05) is 49.0 Å². The number of likely N-dealkylation sites (N-methyl/N-ethyl adjacent to an activating group) is 2. The van der Waals surface area contributed by atoms with Crippen LogP contribution in [0.25, 0.3) is 0 Å². The van der Waals surface area contributed by atoms with Gasteiger partial charge in [-0.25, -0.2) is 0 Å². The highest BCUT2D eigenvalue weighted by molar-refractivity contribution is 5.90. The third-order valence-electron chi connectivity index (χ3n) is 11.4. The van der Waals surface area contributed by atoms with Gasteiger partial charge in [-0.05, 0) is 69.3 Å². The highest BCUT2D eigenvalue weighted by Gasteiger charge is 2.43. The minimum Gasteiger partial charge on any atom is -0.497 e. The molecule has 0 bridgehead atoms. The van der Waals surface area contributed by atoms with Crippen LogP contribution in [0.2, 0.25) is 0 Å². The van der Waals surface area contributed by atoms with E-state index in [9.17, 15) is 19.2 Å². The monoisotopic (exact) mass is 761 g/mol. The van der Waals surface area contributed by atoms with Gasteiger partial charge in [0, 0.05) is 39.9 Å². The highest BCUT2D eigenvalue weighted by Crippen LogP contribution is 2.30. The Morgan fingerprint density at radius 2 is 1.50 bits per heavy atom. The van der Waals surface area contributed by atoms with Gasteiger partial charge in [-0.15, -0.1) is 0 Å². The summed E-state index contributed by atoms with van der Waals surface area (Å²) in [5, 5.41) is 6.11. The summed E-state index contributed by atoms with van der Waals surface area (Å²) in [5.41, 5.74) is 7.39. The number of hydrogen-bond donors (Lipinski definition) is 3. The minimum absolute atomic E-state index is 0.0125. The fraction of sp³-hybridized carbons (Fsp3) is 0.756. The van der Waals surface area contributed by atoms with Crippen LogP contribution in [-0.2, 0) is 28.7 Å². The molecule has 308 valence electrons. The second kappa shape index (κ2) is 21.7. The normalized spacial score (nSPS) is 19.7. The van der Waals surface area contributed by atoms with Gasteiger partial charge in [-0.3, -0.25) is 24.1 Å². The summed E-state index contributed by atoms with van der Waals surface area (Å²) in [7, 11) is 10.2. The number of nitrogens with two attached hydrogens (primary N) is 1. The maximum atomic E-state index is 14.2. The zero-order valence-electron chi connectivity index (χ0n) is 35.5. The van der Waals surface area contributed by atoms with E-state index in [1.807, 2.05) is 96.6 Å². The molecule has 0 spiro atoms. The first-order valence-electron chi connectivity index (χ1n) is 19.6. The number of likely N-dealkylation sites (tertiary alicyclic amines) is 1. The van der Waals surface area contributed by atoms with Crippen molar-refractivity contribution in [3.8, 4) is 5.75 Å². The van der Waals surface area contributed by atoms with E-state index in [4.69, 9.17) is 19.9 Å². The van der Waals surface area contributed by atoms with Gasteiger partial charge >= 0.3 is 0 Å². The van der Waals surface area contributed by atoms with Crippen molar-refractivity contribution in [1.82, 2.24) is 25.3 Å². The molecule has 1 aliphatic heterocycles. The molecule has 54 heavy (non-hydrogen) atoms. The molecule has 1 heterocycles. The Morgan fingerprint density at radius 3 is 1.98 bits per heavy atom. The Bertz CT molecular complexity index is 1330. The van der Waals surface area contributed by atoms with Crippen molar-refractivity contribution >= 4 is 23.6 Å². The number of nitrogens with zero attached hydrogens (tertiary/aromatic N) is 3. The molecule has 0 radical (unpaired) electrons. The maximum Gasteiger partial charge on any atom is 0.245 e. The smallest absolute Gasteiger partial charge is 0.245 e. The third-order valence-corrected chi connectivity index (χ3v) is 11.4. The first-order chi connectivity index (χ1) is 25.4. The Morgan fingerprint density at radius 1 is 0.889 bits per heavy atom. The number of ether oxygens (including phenoxy) is 3. The van der Waals surface area contributed by atoms with Crippen molar-refractivity contribution in [3.05, 3.63) is 29.8 Å². The minimum atomic E-state index is -0.755. The SMILES string of the molecule is CCC(C)[C@@H](C(CC(=O)N1CCC[C@H]1[C@H](OC)[C@@H](C)C(=O)N[C@H](C)C(N)c1ccc(OC)cc1)OC)N(C)C(=O)[C@@H](NC(=O)[C@H](C(C)C)N(C)C)C(C)C. The molecule has 1 aliphatic rings. The number of amides is 4. The lowest BCUT2D eigenvalue weighted by Gasteiger charge is -2.41. The summed E-state index contributed by atoms with van der Waals surface area (Å²) < 4.78 is 17.2. The van der Waals surface area contributed by atoms with Crippen molar-refractivity contribution in [3.63, 3.8) is 0 Å². The molecule has 1 aromatic carbocycles. The molecule has 0 aromatic heterocycles. The molecular weight excluding hydrogens is 688 g/mol. The Labute approximate surface area is 325 Å². The first-order valence-corrected chi connectivity index (χ1v) is 19.6. The topological polar surface area (TPSA) is 156 Å². The van der Waals surface area contributed by atoms with Gasteiger partial charge < -0.3 is 40.4 Å². The number of hydrogen-bond acceptors (Lipinski definition) is 9. The second-order valence-electron chi connectivity index (χ2n) is 16.1. The van der Waals surface area contributed by atoms with Crippen LogP contribution in [0.15, 0.2) is 24.3 Å². The molecule has 13 heteroatoms. The number of carbonyl (C=O) groups is 4. The van der Waals surface area contributed by atoms with Gasteiger partial charge in [-0.2, -0.15) is 0 Å². The Balaban J connectivity index is 2.25. The number of rotatable bonds is 21. The molecule has 1 fully saturated rings. The summed E-state index contributed by atoms with van der Waals surface area (Å²) in [6.45, 7) is 16.1. The second-order valence-corrected chi connectivity index (χ2v) is 16.1. The van der Waals surface area contributed by atoms with E-state index in [2.05, 4.69) is 17.6 Å². The van der Waals surface area contributed by atoms with E-state index >= 15 is 0 Å². The summed E-state index contributed by atoms with van der Waals surface area (Å²) in [6, 6.07) is 4.75. The van der Waals surface area contributed by atoms with Gasteiger partial charge in [-0.1, -0.05) is 67.0 Å². The Kier molecular flexibility index (Phi) is 18.9. The van der Waals surface area contributed by atoms with Crippen LogP contribution in [0.1, 0.15) is 92.7 Å². The van der Waals surface area contributed by atoms with E-state index in [-0.39, 0.29) is 59.9 Å². The molecule has 4 N–H and O–H groups in total. The fourth-order valence-corrected chi connectivity index (χ4v) is 7.97. The van der Waals surface area contributed by atoms with Gasteiger partial charge in [0.15, 0.2) is 0 Å². The highest BCUT2D eigenvalue weighted by atomic mass is 16.5. The van der Waals surface area contributed by atoms with E-state index in [1.165, 1.54) is 0 Å². The van der Waals surface area contributed by atoms with Crippen molar-refractivity contribution in [1.29, 1.82) is 0 Å². The van der Waals surface area contributed by atoms with E-state index in [1.54, 1.807) is 33.3 Å². The maximum absolute atomic E-state index is 14.2. The van der Waals surface area contributed by atoms with E-state index in [0.717, 1.165) is 24.2 Å². The van der Waals surface area contributed by atoms with Gasteiger partial charge in [0.25, 0.3) is 0 Å². The summed E-state index contributed by atoms with van der Waals surface area (Å²) in [6.07, 6.45) is 1.08. The molecule has 10 atom stereocenters. The molecule has 0 saturated carbocycles. The lowest BCUT2D eigenvalue weighted by molar-refractivity contribution is -0.148. The molecular formula is C41H72N6O7. The largest absolute Gasteiger partial charge is 0.497 e. The van der Waals surface area contributed by atoms with Crippen molar-refractivity contribution < 1.29 is 33.4 Å². The van der Waals surface area contributed by atoms with Crippen molar-refractivity contribution in [2.24, 2.45) is 29.4 Å². The lowest BCUT2D eigenvalue weighted by Crippen LogP contribution is -2.59. The van der Waals surface area contributed by atoms with Crippen molar-refractivity contribution in [2.45, 2.75) is 130 Å². The molecule has 0 aliphatic carbocycles. The molecule has 3 unspecified atom stereocenters. The zero-order valence-corrected chi connectivity index (χ0v) is 35.5. The quantitative estimate of drug-likeness (QED) is 0.170. The van der Waals surface area contributed by atoms with Crippen LogP contribution in [0.3, 0.4) is 0 Å². The predicted octanol–water partition coefficient (Wildman–Crippen LogP) is 3.85. The van der Waals surface area contributed by atoms with Crippen LogP contribution in [0.4, 0.5) is 0 Å². The summed E-state index contributed by atoms with van der Waals surface area (Å²) in [5.74, 6) is -0.726. The summed E-state index contributed by atoms with van der Waals surface area (Å²) >= 11 is 0. The predicted molar refractivity (Wildman–Crippen MR) is 213 cm³/mol. The standard InChI is InChI=1S/C41H72N6O7/c1-15-26(6)37(46(11)41(51)35(24(2)3)44-40(50)36(25(4)5)45(9)10)32(53-13)23-33(48)47-22-16-17-31(47)38(54-14)27(7)39(49)43-28(8)34(42)29-18-20-30(52-12)21-19-29/h18-21,24-28,31-32,34-38H,15-17,22-23,42H2,1-14H3,(H,43,49)(H,44,50)/t26?,27-,28-,31+,32?,34?,35+,36+,37+,38-/m1/s1. The fourth-order valence-electron chi connectivity index (χ4n) is 7.97. The Hall–Kier alpha value is -3.26. The number of methoxy groups -OCH3 is 3. The van der Waals surface area contributed by atoms with Gasteiger partial charge in [0.05, 0.1) is 49.8 Å². The molecule has 13 nitrogen and oxygen atoms in total. The van der Waals surface area contributed by atoms with Gasteiger partial charge in [0.2, 0.25) is 23.6 Å². The number of nitrogens with one attached hydrogen (secondary N) is 2. The average Bonchev–Trinajstić information content (AvgIpc) is 3.62. The molecule has 1 aromatic rings. The lowest BCUT2D eigenvalue weighted by atomic mass is 9.89. The van der Waals surface area contributed by atoms with E-state index in [0.29, 0.717) is 13.0 Å². The zero-order chi connectivity index (χ0) is 41.0. The van der Waals surface area contributed by atoms with E-state index < -0.39 is 42.3 Å². The first kappa shape index (κ1) is 46.9. The van der Waals surface area contributed by atoms with Gasteiger partial charge in [0.1, 0.15) is 11.8 Å². The van der Waals surface area contributed by atoms with Crippen LogP contribution in [0, 0.1) is 23.7 Å². The van der Waals surface area contributed by atoms with Crippen LogP contribution in [0.5, 0.6) is 5.75 Å². The third kappa shape index (κ3) is 11.9. The summed E-state index contributed by atoms with van der Waals surface area (Å²) in [4.78, 5) is 60.8. The van der Waals surface area contributed by atoms with Crippen LogP contribution < -0.4 is 21.1 Å². The number of benzene rings is 1. The average molecular weight is 761 g/mol. The molecule has 2 rings (SSSR count). The van der Waals surface area contributed by atoms with Crippen LogP contribution in [-0.4, -0.2) is 130 Å².